The van der Waals surface area contributed by atoms with Gasteiger partial charge in [0.2, 0.25) is 11.8 Å². The summed E-state index contributed by atoms with van der Waals surface area (Å²) in [6.45, 7) is 7.74. The smallest absolute Gasteiger partial charge is 0.236 e. The highest BCUT2D eigenvalue weighted by Crippen LogP contribution is 1.98. The van der Waals surface area contributed by atoms with Gasteiger partial charge in [-0.05, 0) is 20.3 Å². The third-order valence-electron chi connectivity index (χ3n) is 2.96. The first-order valence-electron chi connectivity index (χ1n) is 6.87. The maximum atomic E-state index is 11.7. The van der Waals surface area contributed by atoms with Gasteiger partial charge in [-0.15, -0.1) is 0 Å². The van der Waals surface area contributed by atoms with Crippen molar-refractivity contribution in [2.45, 2.75) is 52.5 Å². The molecule has 0 aromatic heterocycles. The summed E-state index contributed by atoms with van der Waals surface area (Å²) in [7, 11) is 0. The highest BCUT2D eigenvalue weighted by Gasteiger charge is 2.13. The van der Waals surface area contributed by atoms with Crippen LogP contribution in [-0.2, 0) is 9.59 Å². The molecule has 0 radical (unpaired) electrons. The number of carbonyl (C=O) groups is 2. The molecule has 3 N–H and O–H groups in total. The number of rotatable bonds is 9. The molecule has 0 heterocycles. The monoisotopic (exact) mass is 257 g/mol. The molecule has 0 rings (SSSR count). The lowest BCUT2D eigenvalue weighted by molar-refractivity contribution is -0.130. The second-order valence-electron chi connectivity index (χ2n) is 4.36. The van der Waals surface area contributed by atoms with Crippen molar-refractivity contribution < 1.29 is 9.59 Å². The van der Waals surface area contributed by atoms with Crippen LogP contribution in [0.15, 0.2) is 0 Å². The molecule has 0 aliphatic carbocycles. The Morgan fingerprint density at radius 1 is 1.22 bits per heavy atom. The Hall–Kier alpha value is -1.10. The second kappa shape index (κ2) is 9.88. The molecule has 0 aliphatic heterocycles. The molecule has 106 valence electrons. The Labute approximate surface area is 110 Å². The van der Waals surface area contributed by atoms with Crippen molar-refractivity contribution in [1.82, 2.24) is 10.2 Å². The van der Waals surface area contributed by atoms with Crippen molar-refractivity contribution in [1.29, 1.82) is 0 Å². The molecule has 1 atom stereocenters. The van der Waals surface area contributed by atoms with E-state index < -0.39 is 6.04 Å². The third-order valence-corrected chi connectivity index (χ3v) is 2.96. The van der Waals surface area contributed by atoms with Crippen LogP contribution in [0.4, 0.5) is 0 Å². The molecule has 0 saturated heterocycles. The first-order valence-corrected chi connectivity index (χ1v) is 6.87. The zero-order chi connectivity index (χ0) is 14.0. The highest BCUT2D eigenvalue weighted by atomic mass is 16.2. The number of hydrogen-bond donors (Lipinski definition) is 2. The number of nitrogens with two attached hydrogens (primary N) is 1. The minimum atomic E-state index is -0.450. The van der Waals surface area contributed by atoms with Crippen molar-refractivity contribution >= 4 is 11.8 Å². The Kier molecular flexibility index (Phi) is 9.28. The molecule has 0 unspecified atom stereocenters. The molecule has 0 aromatic rings. The average molecular weight is 257 g/mol. The van der Waals surface area contributed by atoms with Crippen molar-refractivity contribution in [2.24, 2.45) is 5.73 Å². The van der Waals surface area contributed by atoms with Gasteiger partial charge in [0, 0.05) is 26.1 Å². The maximum Gasteiger partial charge on any atom is 0.236 e. The van der Waals surface area contributed by atoms with Gasteiger partial charge in [-0.1, -0.05) is 19.8 Å². The van der Waals surface area contributed by atoms with Gasteiger partial charge in [-0.25, -0.2) is 0 Å². The third kappa shape index (κ3) is 6.59. The molecule has 0 saturated carbocycles. The maximum absolute atomic E-state index is 11.7. The highest BCUT2D eigenvalue weighted by molar-refractivity contribution is 5.82. The van der Waals surface area contributed by atoms with E-state index in [1.807, 2.05) is 13.8 Å². The molecule has 18 heavy (non-hydrogen) atoms. The minimum absolute atomic E-state index is 0.0717. The Balaban J connectivity index is 3.83. The first kappa shape index (κ1) is 16.9. The number of carbonyl (C=O) groups excluding carboxylic acids is 2. The summed E-state index contributed by atoms with van der Waals surface area (Å²) in [5.41, 5.74) is 5.72. The van der Waals surface area contributed by atoms with Crippen LogP contribution in [0.1, 0.15) is 46.5 Å². The standard InChI is InChI=1S/C13H27N3O2/c1-4-7-8-11(14)13(18)15-10-9-12(17)16(5-2)6-3/h11H,4-10,14H2,1-3H3,(H,15,18)/t11-/m0/s1. The zero-order valence-electron chi connectivity index (χ0n) is 11.9. The van der Waals surface area contributed by atoms with Crippen LogP contribution in [0, 0.1) is 0 Å². The molecule has 2 amide bonds. The summed E-state index contributed by atoms with van der Waals surface area (Å²) >= 11 is 0. The van der Waals surface area contributed by atoms with Crippen LogP contribution >= 0.6 is 0 Å². The van der Waals surface area contributed by atoms with Crippen LogP contribution in [0.2, 0.25) is 0 Å². The molecule has 0 spiro atoms. The second-order valence-corrected chi connectivity index (χ2v) is 4.36. The number of unbranched alkanes of at least 4 members (excludes halogenated alkanes) is 1. The fraction of sp³-hybridized carbons (Fsp3) is 0.846. The van der Waals surface area contributed by atoms with Crippen LogP contribution in [0.25, 0.3) is 0 Å². The summed E-state index contributed by atoms with van der Waals surface area (Å²) in [5, 5.41) is 2.71. The van der Waals surface area contributed by atoms with Crippen LogP contribution in [0.5, 0.6) is 0 Å². The summed E-state index contributed by atoms with van der Waals surface area (Å²) in [6, 6.07) is -0.450. The number of nitrogens with zero attached hydrogens (tertiary/aromatic N) is 1. The van der Waals surface area contributed by atoms with E-state index in [-0.39, 0.29) is 11.8 Å². The SMILES string of the molecule is CCCC[C@H](N)C(=O)NCCC(=O)N(CC)CC. The van der Waals surface area contributed by atoms with E-state index in [1.54, 1.807) is 4.90 Å². The number of hydrogen-bond acceptors (Lipinski definition) is 3. The molecule has 5 nitrogen and oxygen atoms in total. The lowest BCUT2D eigenvalue weighted by Crippen LogP contribution is -2.42. The normalized spacial score (nSPS) is 12.0. The number of nitrogens with one attached hydrogen (secondary N) is 1. The van der Waals surface area contributed by atoms with Gasteiger partial charge in [0.1, 0.15) is 0 Å². The fourth-order valence-electron chi connectivity index (χ4n) is 1.71. The lowest BCUT2D eigenvalue weighted by Gasteiger charge is -2.19. The van der Waals surface area contributed by atoms with E-state index in [0.29, 0.717) is 32.5 Å². The van der Waals surface area contributed by atoms with E-state index in [1.165, 1.54) is 0 Å². The molecule has 0 fully saturated rings. The Morgan fingerprint density at radius 2 is 1.83 bits per heavy atom. The average Bonchev–Trinajstić information content (AvgIpc) is 2.37. The van der Waals surface area contributed by atoms with E-state index >= 15 is 0 Å². The van der Waals surface area contributed by atoms with E-state index in [2.05, 4.69) is 12.2 Å². The minimum Gasteiger partial charge on any atom is -0.354 e. The molecular weight excluding hydrogens is 230 g/mol. The predicted octanol–water partition coefficient (Wildman–Crippen LogP) is 0.879. The number of amides is 2. The van der Waals surface area contributed by atoms with Gasteiger partial charge >= 0.3 is 0 Å². The molecule has 0 aromatic carbocycles. The first-order chi connectivity index (χ1) is 8.56. The zero-order valence-corrected chi connectivity index (χ0v) is 11.9. The molecule has 0 bridgehead atoms. The van der Waals surface area contributed by atoms with Crippen LogP contribution < -0.4 is 11.1 Å². The van der Waals surface area contributed by atoms with Gasteiger partial charge in [-0.3, -0.25) is 9.59 Å². The molecular formula is C13H27N3O2. The fourth-order valence-corrected chi connectivity index (χ4v) is 1.71. The van der Waals surface area contributed by atoms with Gasteiger partial charge in [0.05, 0.1) is 6.04 Å². The molecule has 0 aliphatic rings. The summed E-state index contributed by atoms with van der Waals surface area (Å²) < 4.78 is 0. The topological polar surface area (TPSA) is 75.4 Å². The van der Waals surface area contributed by atoms with E-state index in [0.717, 1.165) is 12.8 Å². The summed E-state index contributed by atoms with van der Waals surface area (Å²) in [6.07, 6.45) is 3.02. The lowest BCUT2D eigenvalue weighted by atomic mass is 10.1. The van der Waals surface area contributed by atoms with Crippen LogP contribution in [-0.4, -0.2) is 42.4 Å². The summed E-state index contributed by atoms with van der Waals surface area (Å²) in [4.78, 5) is 25.0. The van der Waals surface area contributed by atoms with Crippen molar-refractivity contribution in [3.05, 3.63) is 0 Å². The Bertz CT molecular complexity index is 253. The largest absolute Gasteiger partial charge is 0.354 e. The van der Waals surface area contributed by atoms with Gasteiger partial charge < -0.3 is 16.0 Å². The van der Waals surface area contributed by atoms with Crippen LogP contribution in [0.3, 0.4) is 0 Å². The van der Waals surface area contributed by atoms with E-state index in [9.17, 15) is 9.59 Å². The summed E-state index contributed by atoms with van der Waals surface area (Å²) in [5.74, 6) is -0.0850. The van der Waals surface area contributed by atoms with Gasteiger partial charge in [0.15, 0.2) is 0 Å². The Morgan fingerprint density at radius 3 is 2.33 bits per heavy atom. The predicted molar refractivity (Wildman–Crippen MR) is 73.1 cm³/mol. The van der Waals surface area contributed by atoms with E-state index in [4.69, 9.17) is 5.73 Å². The van der Waals surface area contributed by atoms with Gasteiger partial charge in [-0.2, -0.15) is 0 Å². The van der Waals surface area contributed by atoms with Crippen molar-refractivity contribution in [3.8, 4) is 0 Å². The van der Waals surface area contributed by atoms with Gasteiger partial charge in [0.25, 0.3) is 0 Å². The quantitative estimate of drug-likeness (QED) is 0.644. The van der Waals surface area contributed by atoms with Crippen molar-refractivity contribution in [2.75, 3.05) is 19.6 Å². The van der Waals surface area contributed by atoms with Crippen molar-refractivity contribution in [3.63, 3.8) is 0 Å². The molecule has 5 heteroatoms.